The van der Waals surface area contributed by atoms with Gasteiger partial charge < -0.3 is 5.11 Å². The van der Waals surface area contributed by atoms with Crippen LogP contribution >= 0.6 is 27.3 Å². The van der Waals surface area contributed by atoms with E-state index in [0.717, 1.165) is 14.5 Å². The largest absolute Gasteiger partial charge is 0.480 e. The van der Waals surface area contributed by atoms with Crippen molar-refractivity contribution in [3.63, 3.8) is 0 Å². The standard InChI is InChI=1S/C11H14BrNO4S2/c1-7-9(6-10(12)18-7)19(16,17)13-5-3-2-4-8(13)11(14)15/h6,8H,2-5H2,1H3,(H,14,15). The molecule has 0 bridgehead atoms. The Morgan fingerprint density at radius 3 is 2.74 bits per heavy atom. The molecule has 8 heteroatoms. The van der Waals surface area contributed by atoms with Crippen molar-refractivity contribution in [1.82, 2.24) is 4.31 Å². The average molecular weight is 368 g/mol. The van der Waals surface area contributed by atoms with E-state index < -0.39 is 22.0 Å². The lowest BCUT2D eigenvalue weighted by Gasteiger charge is -2.31. The highest BCUT2D eigenvalue weighted by atomic mass is 79.9. The highest BCUT2D eigenvalue weighted by Crippen LogP contribution is 2.33. The van der Waals surface area contributed by atoms with Crippen molar-refractivity contribution in [1.29, 1.82) is 0 Å². The summed E-state index contributed by atoms with van der Waals surface area (Å²) in [6.07, 6.45) is 1.82. The molecule has 0 amide bonds. The summed E-state index contributed by atoms with van der Waals surface area (Å²) < 4.78 is 27.0. The van der Waals surface area contributed by atoms with E-state index in [1.165, 1.54) is 11.3 Å². The first-order valence-electron chi connectivity index (χ1n) is 5.84. The van der Waals surface area contributed by atoms with Crippen LogP contribution < -0.4 is 0 Å². The van der Waals surface area contributed by atoms with E-state index in [1.807, 2.05) is 0 Å². The van der Waals surface area contributed by atoms with Gasteiger partial charge in [0.25, 0.3) is 0 Å². The van der Waals surface area contributed by atoms with Gasteiger partial charge in [-0.15, -0.1) is 11.3 Å². The van der Waals surface area contributed by atoms with Gasteiger partial charge >= 0.3 is 5.97 Å². The predicted molar refractivity (Wildman–Crippen MR) is 75.9 cm³/mol. The molecular formula is C11H14BrNO4S2. The van der Waals surface area contributed by atoms with Crippen LogP contribution in [0.4, 0.5) is 0 Å². The molecule has 1 aliphatic heterocycles. The van der Waals surface area contributed by atoms with Gasteiger partial charge in [0.15, 0.2) is 0 Å². The first kappa shape index (κ1) is 15.0. The molecule has 1 saturated heterocycles. The Hall–Kier alpha value is -0.440. The molecule has 1 unspecified atom stereocenters. The third-order valence-electron chi connectivity index (χ3n) is 3.17. The molecule has 1 aromatic heterocycles. The second-order valence-electron chi connectivity index (χ2n) is 4.44. The molecule has 0 aliphatic carbocycles. The highest BCUT2D eigenvalue weighted by molar-refractivity contribution is 9.11. The smallest absolute Gasteiger partial charge is 0.322 e. The number of hydrogen-bond acceptors (Lipinski definition) is 4. The van der Waals surface area contributed by atoms with Crippen LogP contribution in [0.15, 0.2) is 14.7 Å². The summed E-state index contributed by atoms with van der Waals surface area (Å²) in [6, 6.07) is 0.597. The quantitative estimate of drug-likeness (QED) is 0.889. The van der Waals surface area contributed by atoms with Gasteiger partial charge in [0, 0.05) is 11.4 Å². The highest BCUT2D eigenvalue weighted by Gasteiger charge is 2.38. The SMILES string of the molecule is Cc1sc(Br)cc1S(=O)(=O)N1CCCCC1C(=O)O. The number of halogens is 1. The fourth-order valence-corrected chi connectivity index (χ4v) is 6.29. The second-order valence-corrected chi connectivity index (χ2v) is 8.93. The molecule has 1 N–H and O–H groups in total. The molecule has 1 atom stereocenters. The number of thiophene rings is 1. The molecule has 2 rings (SSSR count). The summed E-state index contributed by atoms with van der Waals surface area (Å²) in [5.74, 6) is -1.07. The van der Waals surface area contributed by atoms with Gasteiger partial charge in [0.2, 0.25) is 10.0 Å². The molecule has 1 aromatic rings. The lowest BCUT2D eigenvalue weighted by atomic mass is 10.1. The Bertz CT molecular complexity index is 596. The lowest BCUT2D eigenvalue weighted by molar-refractivity contribution is -0.142. The van der Waals surface area contributed by atoms with Crippen molar-refractivity contribution < 1.29 is 18.3 Å². The second kappa shape index (κ2) is 5.51. The van der Waals surface area contributed by atoms with E-state index in [1.54, 1.807) is 13.0 Å². The zero-order valence-electron chi connectivity index (χ0n) is 10.3. The minimum absolute atomic E-state index is 0.206. The normalized spacial score (nSPS) is 21.5. The summed E-state index contributed by atoms with van der Waals surface area (Å²) in [5, 5.41) is 9.18. The molecule has 106 valence electrons. The third-order valence-corrected chi connectivity index (χ3v) is 6.88. The fourth-order valence-electron chi connectivity index (χ4n) is 2.25. The molecule has 1 aliphatic rings. The van der Waals surface area contributed by atoms with Crippen LogP contribution in [0.2, 0.25) is 0 Å². The zero-order chi connectivity index (χ0) is 14.2. The molecule has 0 saturated carbocycles. The van der Waals surface area contributed by atoms with Crippen LogP contribution in [-0.4, -0.2) is 36.4 Å². The molecule has 1 fully saturated rings. The minimum Gasteiger partial charge on any atom is -0.480 e. The van der Waals surface area contributed by atoms with E-state index >= 15 is 0 Å². The number of aryl methyl sites for hydroxylation is 1. The fraction of sp³-hybridized carbons (Fsp3) is 0.545. The van der Waals surface area contributed by atoms with E-state index in [9.17, 15) is 18.3 Å². The van der Waals surface area contributed by atoms with Crippen LogP contribution in [-0.2, 0) is 14.8 Å². The maximum absolute atomic E-state index is 12.6. The Morgan fingerprint density at radius 1 is 1.53 bits per heavy atom. The molecule has 5 nitrogen and oxygen atoms in total. The van der Waals surface area contributed by atoms with E-state index in [4.69, 9.17) is 0 Å². The number of hydrogen-bond donors (Lipinski definition) is 1. The van der Waals surface area contributed by atoms with Crippen LogP contribution in [0.5, 0.6) is 0 Å². The van der Waals surface area contributed by atoms with Gasteiger partial charge in [0.1, 0.15) is 6.04 Å². The molecule has 2 heterocycles. The maximum Gasteiger partial charge on any atom is 0.322 e. The number of aliphatic carboxylic acids is 1. The molecular weight excluding hydrogens is 354 g/mol. The first-order chi connectivity index (χ1) is 8.84. The Balaban J connectivity index is 2.43. The number of sulfonamides is 1. The number of nitrogens with zero attached hydrogens (tertiary/aromatic N) is 1. The molecule has 0 radical (unpaired) electrons. The average Bonchev–Trinajstić information content (AvgIpc) is 2.69. The van der Waals surface area contributed by atoms with Gasteiger partial charge in [-0.05, 0) is 48.2 Å². The van der Waals surface area contributed by atoms with Crippen LogP contribution in [0.3, 0.4) is 0 Å². The van der Waals surface area contributed by atoms with Crippen molar-refractivity contribution in [2.75, 3.05) is 6.54 Å². The number of carbonyl (C=O) groups is 1. The van der Waals surface area contributed by atoms with Crippen molar-refractivity contribution in [3.8, 4) is 0 Å². The molecule has 0 spiro atoms. The lowest BCUT2D eigenvalue weighted by Crippen LogP contribution is -2.47. The van der Waals surface area contributed by atoms with Crippen molar-refractivity contribution in [3.05, 3.63) is 14.7 Å². The van der Waals surface area contributed by atoms with Gasteiger partial charge in [0.05, 0.1) is 8.68 Å². The molecule has 19 heavy (non-hydrogen) atoms. The molecule has 0 aromatic carbocycles. The van der Waals surface area contributed by atoms with Crippen LogP contribution in [0.25, 0.3) is 0 Å². The third kappa shape index (κ3) is 2.86. The first-order valence-corrected chi connectivity index (χ1v) is 8.89. The summed E-state index contributed by atoms with van der Waals surface area (Å²) in [6.45, 7) is 1.99. The van der Waals surface area contributed by atoms with Crippen molar-refractivity contribution >= 4 is 43.3 Å². The van der Waals surface area contributed by atoms with Crippen LogP contribution in [0, 0.1) is 6.92 Å². The van der Waals surface area contributed by atoms with Gasteiger partial charge in [-0.2, -0.15) is 4.31 Å². The van der Waals surface area contributed by atoms with Gasteiger partial charge in [-0.3, -0.25) is 4.79 Å². The maximum atomic E-state index is 12.6. The number of carboxylic acids is 1. The summed E-state index contributed by atoms with van der Waals surface area (Å²) in [7, 11) is -3.73. The van der Waals surface area contributed by atoms with Gasteiger partial charge in [-0.25, -0.2) is 8.42 Å². The Morgan fingerprint density at radius 2 is 2.21 bits per heavy atom. The topological polar surface area (TPSA) is 74.7 Å². The van der Waals surface area contributed by atoms with E-state index in [-0.39, 0.29) is 11.4 Å². The Kier molecular flexibility index (Phi) is 4.34. The summed E-state index contributed by atoms with van der Waals surface area (Å²) in [4.78, 5) is 12.1. The van der Waals surface area contributed by atoms with E-state index in [0.29, 0.717) is 17.7 Å². The number of carboxylic acid groups (broad SMARTS) is 1. The number of piperidine rings is 1. The van der Waals surface area contributed by atoms with E-state index in [2.05, 4.69) is 15.9 Å². The van der Waals surface area contributed by atoms with Crippen molar-refractivity contribution in [2.45, 2.75) is 37.1 Å². The summed E-state index contributed by atoms with van der Waals surface area (Å²) >= 11 is 4.60. The Labute approximate surface area is 124 Å². The summed E-state index contributed by atoms with van der Waals surface area (Å²) in [5.41, 5.74) is 0. The monoisotopic (exact) mass is 367 g/mol. The predicted octanol–water partition coefficient (Wildman–Crippen LogP) is 2.45. The number of rotatable bonds is 3. The van der Waals surface area contributed by atoms with Crippen LogP contribution in [0.1, 0.15) is 24.1 Å². The van der Waals surface area contributed by atoms with Gasteiger partial charge in [-0.1, -0.05) is 0 Å². The zero-order valence-corrected chi connectivity index (χ0v) is 13.5. The minimum atomic E-state index is -3.73. The van der Waals surface area contributed by atoms with Crippen molar-refractivity contribution in [2.24, 2.45) is 0 Å².